The molecule has 0 aliphatic carbocycles. The number of morpholine rings is 1. The lowest BCUT2D eigenvalue weighted by molar-refractivity contribution is -0.108. The van der Waals surface area contributed by atoms with Gasteiger partial charge < -0.3 is 4.74 Å². The summed E-state index contributed by atoms with van der Waals surface area (Å²) in [6, 6.07) is 0. The highest BCUT2D eigenvalue weighted by atomic mass is 16.5. The largest absolute Gasteiger partial charge is 0.373 e. The van der Waals surface area contributed by atoms with Gasteiger partial charge in [-0.15, -0.1) is 0 Å². The highest BCUT2D eigenvalue weighted by molar-refractivity contribution is 4.86. The van der Waals surface area contributed by atoms with E-state index in [2.05, 4.69) is 39.5 Å². The van der Waals surface area contributed by atoms with Crippen molar-refractivity contribution >= 4 is 0 Å². The molecular weight excluding hydrogens is 150 g/mol. The molecule has 0 aromatic rings. The quantitative estimate of drug-likeness (QED) is 0.552. The van der Waals surface area contributed by atoms with Gasteiger partial charge in [0.15, 0.2) is 0 Å². The molecule has 1 heterocycles. The molecular formula is C10H21NO. The summed E-state index contributed by atoms with van der Waals surface area (Å²) in [7, 11) is 0. The summed E-state index contributed by atoms with van der Waals surface area (Å²) in [5.41, 5.74) is 0.312. The number of hydrogen-bond acceptors (Lipinski definition) is 2. The zero-order chi connectivity index (χ0) is 9.41. The molecule has 2 heteroatoms. The predicted molar refractivity (Wildman–Crippen MR) is 51.4 cm³/mol. The van der Waals surface area contributed by atoms with Crippen LogP contribution in [0.1, 0.15) is 34.6 Å². The van der Waals surface area contributed by atoms with Crippen LogP contribution in [0.2, 0.25) is 0 Å². The van der Waals surface area contributed by atoms with E-state index in [4.69, 9.17) is 4.74 Å². The van der Waals surface area contributed by atoms with E-state index in [-0.39, 0.29) is 11.1 Å². The second-order valence-corrected chi connectivity index (χ2v) is 5.20. The Labute approximate surface area is 75.9 Å². The van der Waals surface area contributed by atoms with Gasteiger partial charge in [0.2, 0.25) is 0 Å². The average Bonchev–Trinajstić information content (AvgIpc) is 1.83. The summed E-state index contributed by atoms with van der Waals surface area (Å²) < 4.78 is 5.65. The van der Waals surface area contributed by atoms with Crippen molar-refractivity contribution in [3.63, 3.8) is 0 Å². The Balaban J connectivity index is 2.58. The maximum Gasteiger partial charge on any atom is 0.0753 e. The van der Waals surface area contributed by atoms with Crippen LogP contribution in [0, 0.1) is 0 Å². The van der Waals surface area contributed by atoms with Gasteiger partial charge in [-0.25, -0.2) is 0 Å². The normalized spacial score (nSPS) is 25.8. The maximum absolute atomic E-state index is 5.65. The average molecular weight is 171 g/mol. The molecule has 0 aromatic carbocycles. The number of hydrogen-bond donors (Lipinski definition) is 0. The summed E-state index contributed by atoms with van der Waals surface area (Å²) in [5.74, 6) is 0. The van der Waals surface area contributed by atoms with Gasteiger partial charge in [-0.1, -0.05) is 0 Å². The summed E-state index contributed by atoms with van der Waals surface area (Å²) in [6.07, 6.45) is 0. The van der Waals surface area contributed by atoms with Crippen LogP contribution < -0.4 is 0 Å². The summed E-state index contributed by atoms with van der Waals surface area (Å²) in [5, 5.41) is 0. The minimum atomic E-state index is 0.0333. The minimum absolute atomic E-state index is 0.0333. The van der Waals surface area contributed by atoms with E-state index in [1.165, 1.54) is 0 Å². The maximum atomic E-state index is 5.65. The molecule has 0 amide bonds. The molecule has 2 nitrogen and oxygen atoms in total. The third-order valence-corrected chi connectivity index (χ3v) is 2.37. The van der Waals surface area contributed by atoms with Gasteiger partial charge in [0.05, 0.1) is 12.2 Å². The Bertz CT molecular complexity index is 154. The van der Waals surface area contributed by atoms with Crippen molar-refractivity contribution in [2.75, 3.05) is 19.7 Å². The molecule has 0 radical (unpaired) electrons. The Hall–Kier alpha value is -0.0800. The van der Waals surface area contributed by atoms with Crippen molar-refractivity contribution in [2.45, 2.75) is 45.8 Å². The molecule has 1 saturated heterocycles. The van der Waals surface area contributed by atoms with Gasteiger partial charge in [0.25, 0.3) is 0 Å². The molecule has 0 bridgehead atoms. The van der Waals surface area contributed by atoms with Gasteiger partial charge in [-0.05, 0) is 34.6 Å². The molecule has 1 aliphatic heterocycles. The Morgan fingerprint density at radius 2 is 1.83 bits per heavy atom. The molecule has 0 spiro atoms. The summed E-state index contributed by atoms with van der Waals surface area (Å²) >= 11 is 0. The lowest BCUT2D eigenvalue weighted by atomic mass is 10.00. The van der Waals surface area contributed by atoms with Crippen LogP contribution in [0.4, 0.5) is 0 Å². The molecule has 0 unspecified atom stereocenters. The second kappa shape index (κ2) is 3.00. The van der Waals surface area contributed by atoms with Crippen molar-refractivity contribution in [2.24, 2.45) is 0 Å². The molecule has 12 heavy (non-hydrogen) atoms. The molecule has 1 fully saturated rings. The van der Waals surface area contributed by atoms with E-state index in [0.717, 1.165) is 19.7 Å². The topological polar surface area (TPSA) is 12.5 Å². The molecule has 0 N–H and O–H groups in total. The molecule has 0 atom stereocenters. The van der Waals surface area contributed by atoms with Crippen LogP contribution in [0.25, 0.3) is 0 Å². The molecule has 0 saturated carbocycles. The first-order valence-corrected chi connectivity index (χ1v) is 4.70. The van der Waals surface area contributed by atoms with Gasteiger partial charge in [-0.3, -0.25) is 4.90 Å². The Kier molecular flexibility index (Phi) is 2.50. The van der Waals surface area contributed by atoms with Crippen molar-refractivity contribution < 1.29 is 4.74 Å². The van der Waals surface area contributed by atoms with Crippen molar-refractivity contribution in [1.82, 2.24) is 4.90 Å². The molecule has 72 valence electrons. The van der Waals surface area contributed by atoms with E-state index in [0.29, 0.717) is 0 Å². The van der Waals surface area contributed by atoms with E-state index in [9.17, 15) is 0 Å². The Morgan fingerprint density at radius 3 is 2.17 bits per heavy atom. The predicted octanol–water partition coefficient (Wildman–Crippen LogP) is 1.90. The van der Waals surface area contributed by atoms with Gasteiger partial charge in [0.1, 0.15) is 0 Å². The fourth-order valence-electron chi connectivity index (χ4n) is 1.59. The van der Waals surface area contributed by atoms with Crippen LogP contribution in [0.5, 0.6) is 0 Å². The van der Waals surface area contributed by atoms with Gasteiger partial charge in [0, 0.05) is 18.6 Å². The van der Waals surface area contributed by atoms with Crippen molar-refractivity contribution in [1.29, 1.82) is 0 Å². The third-order valence-electron chi connectivity index (χ3n) is 2.37. The van der Waals surface area contributed by atoms with E-state index in [1.54, 1.807) is 0 Å². The SMILES string of the molecule is CC1(C)CN(C(C)(C)C)CCO1. The van der Waals surface area contributed by atoms with Crippen molar-refractivity contribution in [3.05, 3.63) is 0 Å². The second-order valence-electron chi connectivity index (χ2n) is 5.20. The number of nitrogens with zero attached hydrogens (tertiary/aromatic N) is 1. The van der Waals surface area contributed by atoms with Gasteiger partial charge in [-0.2, -0.15) is 0 Å². The fourth-order valence-corrected chi connectivity index (χ4v) is 1.59. The standard InChI is InChI=1S/C10H21NO/c1-9(2,3)11-6-7-12-10(4,5)8-11/h6-8H2,1-5H3. The minimum Gasteiger partial charge on any atom is -0.373 e. The molecule has 1 aliphatic rings. The monoisotopic (exact) mass is 171 g/mol. The van der Waals surface area contributed by atoms with Crippen molar-refractivity contribution in [3.8, 4) is 0 Å². The molecule has 1 rings (SSSR count). The lowest BCUT2D eigenvalue weighted by Crippen LogP contribution is -2.55. The van der Waals surface area contributed by atoms with Crippen LogP contribution in [-0.4, -0.2) is 35.7 Å². The molecule has 0 aromatic heterocycles. The van der Waals surface area contributed by atoms with Crippen LogP contribution in [0.15, 0.2) is 0 Å². The zero-order valence-corrected chi connectivity index (χ0v) is 8.98. The summed E-state index contributed by atoms with van der Waals surface area (Å²) in [4.78, 5) is 2.48. The van der Waals surface area contributed by atoms with Crippen LogP contribution in [0.3, 0.4) is 0 Å². The lowest BCUT2D eigenvalue weighted by Gasteiger charge is -2.45. The fraction of sp³-hybridized carbons (Fsp3) is 1.00. The Morgan fingerprint density at radius 1 is 1.25 bits per heavy atom. The zero-order valence-electron chi connectivity index (χ0n) is 8.98. The van der Waals surface area contributed by atoms with Gasteiger partial charge >= 0.3 is 0 Å². The van der Waals surface area contributed by atoms with Crippen LogP contribution >= 0.6 is 0 Å². The van der Waals surface area contributed by atoms with E-state index < -0.39 is 0 Å². The highest BCUT2D eigenvalue weighted by Gasteiger charge is 2.32. The highest BCUT2D eigenvalue weighted by Crippen LogP contribution is 2.22. The van der Waals surface area contributed by atoms with E-state index in [1.807, 2.05) is 0 Å². The van der Waals surface area contributed by atoms with Crippen LogP contribution in [-0.2, 0) is 4.74 Å². The first-order valence-electron chi connectivity index (χ1n) is 4.70. The number of ether oxygens (including phenoxy) is 1. The van der Waals surface area contributed by atoms with E-state index >= 15 is 0 Å². The number of rotatable bonds is 0. The summed E-state index contributed by atoms with van der Waals surface area (Å²) in [6.45, 7) is 14.1. The smallest absolute Gasteiger partial charge is 0.0753 e. The first-order chi connectivity index (χ1) is 5.31. The third kappa shape index (κ3) is 2.46. The first kappa shape index (κ1) is 10.0.